The number of hydrogen-bond donors (Lipinski definition) is 2. The number of fused-ring (bicyclic) bond motifs is 1. The SMILES string of the molecule is c1ccc2oc(Nc3ccc(N4CCNCC4)cc3)nc2c1. The van der Waals surface area contributed by atoms with Crippen LogP contribution in [0, 0.1) is 0 Å². The number of aromatic nitrogens is 1. The molecule has 1 aliphatic rings. The van der Waals surface area contributed by atoms with Gasteiger partial charge in [-0.1, -0.05) is 12.1 Å². The third-order valence-electron chi connectivity index (χ3n) is 3.89. The minimum Gasteiger partial charge on any atom is -0.423 e. The van der Waals surface area contributed by atoms with Gasteiger partial charge < -0.3 is 20.0 Å². The second-order valence-corrected chi connectivity index (χ2v) is 5.40. The van der Waals surface area contributed by atoms with Gasteiger partial charge in [0.25, 0.3) is 6.01 Å². The third kappa shape index (κ3) is 2.63. The number of nitrogens with one attached hydrogen (secondary N) is 2. The highest BCUT2D eigenvalue weighted by atomic mass is 16.4. The highest BCUT2D eigenvalue weighted by Crippen LogP contribution is 2.24. The van der Waals surface area contributed by atoms with Crippen LogP contribution >= 0.6 is 0 Å². The van der Waals surface area contributed by atoms with Crippen molar-refractivity contribution in [3.8, 4) is 0 Å². The molecule has 4 rings (SSSR count). The van der Waals surface area contributed by atoms with Crippen LogP contribution in [0.3, 0.4) is 0 Å². The maximum atomic E-state index is 5.68. The van der Waals surface area contributed by atoms with Gasteiger partial charge in [-0.25, -0.2) is 0 Å². The molecule has 2 N–H and O–H groups in total. The molecule has 0 bridgehead atoms. The van der Waals surface area contributed by atoms with E-state index in [2.05, 4.69) is 44.8 Å². The van der Waals surface area contributed by atoms with Crippen molar-refractivity contribution in [2.24, 2.45) is 0 Å². The van der Waals surface area contributed by atoms with E-state index in [9.17, 15) is 0 Å². The lowest BCUT2D eigenvalue weighted by molar-refractivity contribution is 0.589. The number of nitrogens with zero attached hydrogens (tertiary/aromatic N) is 2. The average molecular weight is 294 g/mol. The smallest absolute Gasteiger partial charge is 0.300 e. The summed E-state index contributed by atoms with van der Waals surface area (Å²) in [6.07, 6.45) is 0. The van der Waals surface area contributed by atoms with Gasteiger partial charge in [-0.15, -0.1) is 0 Å². The van der Waals surface area contributed by atoms with Crippen molar-refractivity contribution >= 4 is 28.5 Å². The Morgan fingerprint density at radius 3 is 2.55 bits per heavy atom. The van der Waals surface area contributed by atoms with Gasteiger partial charge in [-0.3, -0.25) is 0 Å². The van der Waals surface area contributed by atoms with Crippen LogP contribution in [0.5, 0.6) is 0 Å². The van der Waals surface area contributed by atoms with Gasteiger partial charge in [0, 0.05) is 37.6 Å². The molecule has 22 heavy (non-hydrogen) atoms. The molecule has 1 aliphatic heterocycles. The molecule has 0 spiro atoms. The van der Waals surface area contributed by atoms with Crippen LogP contribution < -0.4 is 15.5 Å². The maximum Gasteiger partial charge on any atom is 0.300 e. The van der Waals surface area contributed by atoms with E-state index in [0.29, 0.717) is 6.01 Å². The van der Waals surface area contributed by atoms with E-state index in [0.717, 1.165) is 43.0 Å². The highest BCUT2D eigenvalue weighted by molar-refractivity contribution is 5.75. The molecule has 0 atom stereocenters. The molecular weight excluding hydrogens is 276 g/mol. The summed E-state index contributed by atoms with van der Waals surface area (Å²) in [5, 5.41) is 6.58. The Balaban J connectivity index is 1.50. The Labute approximate surface area is 128 Å². The Morgan fingerprint density at radius 2 is 1.77 bits per heavy atom. The predicted octanol–water partition coefficient (Wildman–Crippen LogP) is 2.98. The minimum absolute atomic E-state index is 0.524. The standard InChI is InChI=1S/C17H18N4O/c1-2-4-16-15(3-1)20-17(22-16)19-13-5-7-14(8-6-13)21-11-9-18-10-12-21/h1-8,18H,9-12H2,(H,19,20). The molecule has 0 aliphatic carbocycles. The van der Waals surface area contributed by atoms with E-state index >= 15 is 0 Å². The average Bonchev–Trinajstić information content (AvgIpc) is 2.98. The molecular formula is C17H18N4O. The van der Waals surface area contributed by atoms with E-state index in [1.54, 1.807) is 0 Å². The van der Waals surface area contributed by atoms with Crippen LogP contribution in [0.4, 0.5) is 17.4 Å². The van der Waals surface area contributed by atoms with E-state index < -0.39 is 0 Å². The third-order valence-corrected chi connectivity index (χ3v) is 3.89. The van der Waals surface area contributed by atoms with Gasteiger partial charge in [0.15, 0.2) is 5.58 Å². The van der Waals surface area contributed by atoms with E-state index in [1.807, 2.05) is 24.3 Å². The fourth-order valence-corrected chi connectivity index (χ4v) is 2.73. The summed E-state index contributed by atoms with van der Waals surface area (Å²) >= 11 is 0. The second kappa shape index (κ2) is 5.69. The Hall–Kier alpha value is -2.53. The summed E-state index contributed by atoms with van der Waals surface area (Å²) in [6.45, 7) is 4.20. The van der Waals surface area contributed by atoms with Crippen molar-refractivity contribution in [1.29, 1.82) is 0 Å². The maximum absolute atomic E-state index is 5.68. The fourth-order valence-electron chi connectivity index (χ4n) is 2.73. The van der Waals surface area contributed by atoms with Crippen molar-refractivity contribution in [3.05, 3.63) is 48.5 Å². The van der Waals surface area contributed by atoms with Crippen LogP contribution in [0.15, 0.2) is 52.9 Å². The molecule has 2 heterocycles. The Kier molecular flexibility index (Phi) is 3.40. The Bertz CT molecular complexity index is 727. The number of hydrogen-bond acceptors (Lipinski definition) is 5. The molecule has 0 saturated carbocycles. The Morgan fingerprint density at radius 1 is 1.00 bits per heavy atom. The zero-order valence-corrected chi connectivity index (χ0v) is 12.2. The molecule has 2 aromatic carbocycles. The predicted molar refractivity (Wildman–Crippen MR) is 88.8 cm³/mol. The normalized spacial score (nSPS) is 15.2. The van der Waals surface area contributed by atoms with E-state index in [4.69, 9.17) is 4.42 Å². The highest BCUT2D eigenvalue weighted by Gasteiger charge is 2.10. The van der Waals surface area contributed by atoms with Gasteiger partial charge >= 0.3 is 0 Å². The lowest BCUT2D eigenvalue weighted by Crippen LogP contribution is -2.43. The monoisotopic (exact) mass is 294 g/mol. The molecule has 1 fully saturated rings. The topological polar surface area (TPSA) is 53.3 Å². The van der Waals surface area contributed by atoms with E-state index in [1.165, 1.54) is 5.69 Å². The van der Waals surface area contributed by atoms with E-state index in [-0.39, 0.29) is 0 Å². The molecule has 5 nitrogen and oxygen atoms in total. The second-order valence-electron chi connectivity index (χ2n) is 5.40. The summed E-state index contributed by atoms with van der Waals surface area (Å²) in [6, 6.07) is 16.7. The van der Waals surface area contributed by atoms with Crippen molar-refractivity contribution in [3.63, 3.8) is 0 Å². The first-order valence-corrected chi connectivity index (χ1v) is 7.57. The van der Waals surface area contributed by atoms with Crippen LogP contribution in [-0.2, 0) is 0 Å². The quantitative estimate of drug-likeness (QED) is 0.778. The zero-order valence-electron chi connectivity index (χ0n) is 12.2. The minimum atomic E-state index is 0.524. The van der Waals surface area contributed by atoms with Crippen LogP contribution in [0.2, 0.25) is 0 Å². The largest absolute Gasteiger partial charge is 0.423 e. The molecule has 112 valence electrons. The molecule has 1 aromatic heterocycles. The molecule has 0 radical (unpaired) electrons. The summed E-state index contributed by atoms with van der Waals surface area (Å²) in [5.41, 5.74) is 3.89. The number of benzene rings is 2. The van der Waals surface area contributed by atoms with Crippen LogP contribution in [0.1, 0.15) is 0 Å². The summed E-state index contributed by atoms with van der Waals surface area (Å²) in [4.78, 5) is 6.81. The van der Waals surface area contributed by atoms with Crippen molar-refractivity contribution in [1.82, 2.24) is 10.3 Å². The molecule has 0 amide bonds. The van der Waals surface area contributed by atoms with Gasteiger partial charge in [-0.2, -0.15) is 4.98 Å². The molecule has 0 unspecified atom stereocenters. The fraction of sp³-hybridized carbons (Fsp3) is 0.235. The number of piperazine rings is 1. The molecule has 3 aromatic rings. The first-order valence-electron chi connectivity index (χ1n) is 7.57. The lowest BCUT2D eigenvalue weighted by atomic mass is 10.2. The summed E-state index contributed by atoms with van der Waals surface area (Å²) in [7, 11) is 0. The molecule has 1 saturated heterocycles. The van der Waals surface area contributed by atoms with Gasteiger partial charge in [-0.05, 0) is 36.4 Å². The zero-order chi connectivity index (χ0) is 14.8. The van der Waals surface area contributed by atoms with Gasteiger partial charge in [0.2, 0.25) is 0 Å². The summed E-state index contributed by atoms with van der Waals surface area (Å²) < 4.78 is 5.68. The van der Waals surface area contributed by atoms with Gasteiger partial charge in [0.1, 0.15) is 5.52 Å². The van der Waals surface area contributed by atoms with Crippen molar-refractivity contribution in [2.75, 3.05) is 36.4 Å². The van der Waals surface area contributed by atoms with Crippen molar-refractivity contribution in [2.45, 2.75) is 0 Å². The number of rotatable bonds is 3. The number of oxazole rings is 1. The van der Waals surface area contributed by atoms with Crippen molar-refractivity contribution < 1.29 is 4.42 Å². The first kappa shape index (κ1) is 13.2. The molecule has 5 heteroatoms. The van der Waals surface area contributed by atoms with Gasteiger partial charge in [0.05, 0.1) is 0 Å². The number of anilines is 3. The first-order chi connectivity index (χ1) is 10.9. The summed E-state index contributed by atoms with van der Waals surface area (Å²) in [5.74, 6) is 0. The van der Waals surface area contributed by atoms with Crippen LogP contribution in [-0.4, -0.2) is 31.2 Å². The lowest BCUT2D eigenvalue weighted by Gasteiger charge is -2.29. The number of para-hydroxylation sites is 2. The van der Waals surface area contributed by atoms with Crippen LogP contribution in [0.25, 0.3) is 11.1 Å².